The fourth-order valence-electron chi connectivity index (χ4n) is 1.31. The number of hydrogen-bond donors (Lipinski definition) is 0. The lowest BCUT2D eigenvalue weighted by Gasteiger charge is -2.15. The first-order valence-electron chi connectivity index (χ1n) is 5.20. The predicted octanol–water partition coefficient (Wildman–Crippen LogP) is 1.06. The van der Waals surface area contributed by atoms with Crippen LogP contribution in [-0.2, 0) is 0 Å². The van der Waals surface area contributed by atoms with Crippen LogP contribution in [0.4, 0.5) is 5.95 Å². The lowest BCUT2D eigenvalue weighted by atomic mass is 10.4. The van der Waals surface area contributed by atoms with Gasteiger partial charge in [0.05, 0.1) is 12.5 Å². The molecule has 0 amide bonds. The summed E-state index contributed by atoms with van der Waals surface area (Å²) in [6.07, 6.45) is 3.72. The third kappa shape index (κ3) is 2.73. The monoisotopic (exact) mass is 263 g/mol. The van der Waals surface area contributed by atoms with Gasteiger partial charge >= 0.3 is 0 Å². The van der Waals surface area contributed by atoms with E-state index in [1.165, 1.54) is 4.68 Å². The summed E-state index contributed by atoms with van der Waals surface area (Å²) in [6, 6.07) is 3.82. The molecule has 0 spiro atoms. The lowest BCUT2D eigenvalue weighted by Crippen LogP contribution is -2.22. The number of nitriles is 1. The van der Waals surface area contributed by atoms with Crippen LogP contribution in [0.3, 0.4) is 0 Å². The fourth-order valence-corrected chi connectivity index (χ4v) is 1.46. The zero-order valence-electron chi connectivity index (χ0n) is 9.65. The van der Waals surface area contributed by atoms with Crippen molar-refractivity contribution in [2.45, 2.75) is 6.42 Å². The largest absolute Gasteiger partial charge is 0.343 e. The van der Waals surface area contributed by atoms with Crippen molar-refractivity contribution in [3.05, 3.63) is 23.7 Å². The molecule has 92 valence electrons. The maximum absolute atomic E-state index is 8.55. The molecule has 0 bridgehead atoms. The molecule has 7 nitrogen and oxygen atoms in total. The van der Waals surface area contributed by atoms with Crippen molar-refractivity contribution < 1.29 is 0 Å². The molecule has 0 N–H and O–H groups in total. The normalized spacial score (nSPS) is 10.1. The Morgan fingerprint density at radius 1 is 1.44 bits per heavy atom. The second-order valence-electron chi connectivity index (χ2n) is 3.48. The first kappa shape index (κ1) is 12.3. The van der Waals surface area contributed by atoms with Crippen molar-refractivity contribution in [2.24, 2.45) is 0 Å². The molecule has 2 heterocycles. The Morgan fingerprint density at radius 3 is 2.94 bits per heavy atom. The lowest BCUT2D eigenvalue weighted by molar-refractivity contribution is 0.773. The van der Waals surface area contributed by atoms with E-state index in [-0.39, 0.29) is 5.28 Å². The molecule has 0 saturated carbocycles. The van der Waals surface area contributed by atoms with Gasteiger partial charge in [0.1, 0.15) is 0 Å². The summed E-state index contributed by atoms with van der Waals surface area (Å²) in [7, 11) is 1.79. The number of aromatic nitrogens is 5. The van der Waals surface area contributed by atoms with Crippen molar-refractivity contribution in [3.8, 4) is 12.0 Å². The summed E-state index contributed by atoms with van der Waals surface area (Å²) in [6.45, 7) is 0.523. The van der Waals surface area contributed by atoms with Crippen LogP contribution in [0.15, 0.2) is 18.5 Å². The highest BCUT2D eigenvalue weighted by molar-refractivity contribution is 6.28. The number of nitrogens with zero attached hydrogens (tertiary/aromatic N) is 7. The predicted molar refractivity (Wildman–Crippen MR) is 65.5 cm³/mol. The molecule has 0 saturated heterocycles. The first-order chi connectivity index (χ1) is 8.70. The van der Waals surface area contributed by atoms with Crippen LogP contribution < -0.4 is 4.90 Å². The van der Waals surface area contributed by atoms with E-state index in [4.69, 9.17) is 16.9 Å². The quantitative estimate of drug-likeness (QED) is 0.820. The molecular weight excluding hydrogens is 254 g/mol. The van der Waals surface area contributed by atoms with Crippen LogP contribution in [0.1, 0.15) is 6.42 Å². The SMILES string of the molecule is CN(CCC#N)c1nc(Cl)nc(-n2cccn2)n1. The summed E-state index contributed by atoms with van der Waals surface area (Å²) < 4.78 is 1.50. The van der Waals surface area contributed by atoms with Gasteiger partial charge in [-0.25, -0.2) is 4.68 Å². The Labute approximate surface area is 109 Å². The molecule has 0 unspecified atom stereocenters. The fraction of sp³-hybridized carbons (Fsp3) is 0.300. The molecule has 0 radical (unpaired) electrons. The number of hydrogen-bond acceptors (Lipinski definition) is 6. The van der Waals surface area contributed by atoms with Crippen LogP contribution in [0, 0.1) is 11.3 Å². The minimum Gasteiger partial charge on any atom is -0.343 e. The Morgan fingerprint density at radius 2 is 2.28 bits per heavy atom. The van der Waals surface area contributed by atoms with Crippen LogP contribution in [0.5, 0.6) is 0 Å². The molecule has 0 atom stereocenters. The van der Waals surface area contributed by atoms with Gasteiger partial charge in [0.15, 0.2) is 0 Å². The molecule has 2 rings (SSSR count). The number of rotatable bonds is 4. The minimum atomic E-state index is 0.0920. The maximum atomic E-state index is 8.55. The number of anilines is 1. The summed E-state index contributed by atoms with van der Waals surface area (Å²) in [5, 5.41) is 12.7. The third-order valence-corrected chi connectivity index (χ3v) is 2.36. The van der Waals surface area contributed by atoms with E-state index in [9.17, 15) is 0 Å². The Bertz CT molecular complexity index is 560. The maximum Gasteiger partial charge on any atom is 0.256 e. The molecule has 2 aromatic rings. The number of halogens is 1. The molecule has 0 aliphatic heterocycles. The highest BCUT2D eigenvalue weighted by Crippen LogP contribution is 2.12. The van der Waals surface area contributed by atoms with Gasteiger partial charge in [-0.1, -0.05) is 0 Å². The standard InChI is InChI=1S/C10H10ClN7/c1-17(6-2-4-12)9-14-8(11)15-10(16-9)18-7-3-5-13-18/h3,5,7H,2,6H2,1H3. The minimum absolute atomic E-state index is 0.0920. The van der Waals surface area contributed by atoms with Gasteiger partial charge in [-0.05, 0) is 17.7 Å². The third-order valence-electron chi connectivity index (χ3n) is 2.19. The Kier molecular flexibility index (Phi) is 3.69. The van der Waals surface area contributed by atoms with E-state index in [2.05, 4.69) is 26.1 Å². The summed E-state index contributed by atoms with van der Waals surface area (Å²) in [4.78, 5) is 14.0. The second-order valence-corrected chi connectivity index (χ2v) is 3.82. The zero-order chi connectivity index (χ0) is 13.0. The van der Waals surface area contributed by atoms with Crippen LogP contribution in [0.2, 0.25) is 5.28 Å². The van der Waals surface area contributed by atoms with Crippen molar-refractivity contribution in [3.63, 3.8) is 0 Å². The van der Waals surface area contributed by atoms with E-state index in [0.29, 0.717) is 24.9 Å². The smallest absolute Gasteiger partial charge is 0.256 e. The van der Waals surface area contributed by atoms with Gasteiger partial charge in [-0.15, -0.1) is 0 Å². The zero-order valence-corrected chi connectivity index (χ0v) is 10.4. The van der Waals surface area contributed by atoms with Gasteiger partial charge in [-0.2, -0.15) is 25.3 Å². The average molecular weight is 264 g/mol. The van der Waals surface area contributed by atoms with Crippen LogP contribution >= 0.6 is 11.6 Å². The summed E-state index contributed by atoms with van der Waals surface area (Å²) in [5.41, 5.74) is 0. The van der Waals surface area contributed by atoms with Gasteiger partial charge in [0.2, 0.25) is 11.2 Å². The van der Waals surface area contributed by atoms with E-state index in [0.717, 1.165) is 0 Å². The molecule has 0 aliphatic carbocycles. The van der Waals surface area contributed by atoms with Crippen LogP contribution in [0.25, 0.3) is 5.95 Å². The molecule has 0 aliphatic rings. The van der Waals surface area contributed by atoms with E-state index in [1.807, 2.05) is 0 Å². The summed E-state index contributed by atoms with van der Waals surface area (Å²) in [5.74, 6) is 0.759. The van der Waals surface area contributed by atoms with Gasteiger partial charge in [-0.3, -0.25) is 0 Å². The van der Waals surface area contributed by atoms with E-state index in [1.54, 1.807) is 30.4 Å². The highest BCUT2D eigenvalue weighted by Gasteiger charge is 2.10. The molecule has 0 fully saturated rings. The van der Waals surface area contributed by atoms with Gasteiger partial charge in [0, 0.05) is 26.0 Å². The summed E-state index contributed by atoms with van der Waals surface area (Å²) >= 11 is 5.85. The van der Waals surface area contributed by atoms with Crippen molar-refractivity contribution in [1.82, 2.24) is 24.7 Å². The Hall–Kier alpha value is -2.20. The second kappa shape index (κ2) is 5.42. The van der Waals surface area contributed by atoms with Gasteiger partial charge in [0.25, 0.3) is 5.95 Å². The molecule has 2 aromatic heterocycles. The molecule has 18 heavy (non-hydrogen) atoms. The van der Waals surface area contributed by atoms with Crippen molar-refractivity contribution in [2.75, 3.05) is 18.5 Å². The van der Waals surface area contributed by atoms with Gasteiger partial charge < -0.3 is 4.90 Å². The van der Waals surface area contributed by atoms with E-state index >= 15 is 0 Å². The molecular formula is C10H10ClN7. The first-order valence-corrected chi connectivity index (χ1v) is 5.58. The van der Waals surface area contributed by atoms with Crippen molar-refractivity contribution >= 4 is 17.5 Å². The van der Waals surface area contributed by atoms with Crippen molar-refractivity contribution in [1.29, 1.82) is 5.26 Å². The Balaban J connectivity index is 2.30. The molecule has 8 heteroatoms. The highest BCUT2D eigenvalue weighted by atomic mass is 35.5. The molecule has 0 aromatic carbocycles. The topological polar surface area (TPSA) is 83.5 Å². The van der Waals surface area contributed by atoms with Crippen LogP contribution in [-0.4, -0.2) is 38.3 Å². The average Bonchev–Trinajstić information content (AvgIpc) is 2.89. The van der Waals surface area contributed by atoms with E-state index < -0.39 is 0 Å².